The van der Waals surface area contributed by atoms with Crippen LogP contribution in [0.4, 0.5) is 0 Å². The van der Waals surface area contributed by atoms with E-state index in [1.807, 2.05) is 0 Å². The van der Waals surface area contributed by atoms with Crippen molar-refractivity contribution in [3.8, 4) is 0 Å². The highest BCUT2D eigenvalue weighted by atomic mass is 32.2. The molecule has 1 fully saturated rings. The highest BCUT2D eigenvalue weighted by molar-refractivity contribution is 7.89. The highest BCUT2D eigenvalue weighted by Gasteiger charge is 2.29. The fourth-order valence-corrected chi connectivity index (χ4v) is 3.66. The standard InChI is InChI=1S/C11H20N4O2S/c1-14-9-11(8-13-14)18(16,17)15(2)10-4-3-6-12-7-5-10/h8-10,12H,3-7H2,1-2H3. The zero-order chi connectivity index (χ0) is 13.2. The van der Waals surface area contributed by atoms with Crippen molar-refractivity contribution in [1.82, 2.24) is 19.4 Å². The van der Waals surface area contributed by atoms with Gasteiger partial charge in [-0.1, -0.05) is 0 Å². The van der Waals surface area contributed by atoms with Crippen molar-refractivity contribution in [2.45, 2.75) is 30.2 Å². The third-order valence-corrected chi connectivity index (χ3v) is 5.28. The maximum Gasteiger partial charge on any atom is 0.246 e. The van der Waals surface area contributed by atoms with E-state index in [2.05, 4.69) is 10.4 Å². The van der Waals surface area contributed by atoms with Gasteiger partial charge in [0.15, 0.2) is 0 Å². The van der Waals surface area contributed by atoms with Crippen molar-refractivity contribution in [1.29, 1.82) is 0 Å². The van der Waals surface area contributed by atoms with Crippen LogP contribution in [0, 0.1) is 0 Å². The first kappa shape index (κ1) is 13.5. The zero-order valence-electron chi connectivity index (χ0n) is 10.8. The Balaban J connectivity index is 2.18. The molecule has 6 nitrogen and oxygen atoms in total. The number of aromatic nitrogens is 2. The average Bonchev–Trinajstić information content (AvgIpc) is 2.63. The molecule has 0 aromatic carbocycles. The maximum absolute atomic E-state index is 12.4. The molecule has 1 aliphatic rings. The monoisotopic (exact) mass is 272 g/mol. The smallest absolute Gasteiger partial charge is 0.246 e. The Morgan fingerprint density at radius 1 is 1.44 bits per heavy atom. The zero-order valence-corrected chi connectivity index (χ0v) is 11.7. The molecule has 1 aliphatic heterocycles. The molecular weight excluding hydrogens is 252 g/mol. The number of sulfonamides is 1. The van der Waals surface area contributed by atoms with Crippen molar-refractivity contribution in [2.75, 3.05) is 20.1 Å². The topological polar surface area (TPSA) is 67.2 Å². The van der Waals surface area contributed by atoms with E-state index in [0.717, 1.165) is 32.4 Å². The van der Waals surface area contributed by atoms with Gasteiger partial charge in [0.1, 0.15) is 4.90 Å². The van der Waals surface area contributed by atoms with Crippen LogP contribution in [0.15, 0.2) is 17.3 Å². The predicted octanol–water partition coefficient (Wildman–Crippen LogP) is 0.183. The lowest BCUT2D eigenvalue weighted by Gasteiger charge is -2.25. The molecule has 0 amide bonds. The normalized spacial score (nSPS) is 22.1. The van der Waals surface area contributed by atoms with Crippen molar-refractivity contribution >= 4 is 10.0 Å². The molecule has 0 spiro atoms. The van der Waals surface area contributed by atoms with Crippen LogP contribution in [0.25, 0.3) is 0 Å². The molecule has 0 bridgehead atoms. The first-order valence-electron chi connectivity index (χ1n) is 6.19. The lowest BCUT2D eigenvalue weighted by Crippen LogP contribution is -2.37. The van der Waals surface area contributed by atoms with Gasteiger partial charge in [0.25, 0.3) is 0 Å². The summed E-state index contributed by atoms with van der Waals surface area (Å²) in [5.41, 5.74) is 0. The van der Waals surface area contributed by atoms with E-state index in [0.29, 0.717) is 0 Å². The molecule has 7 heteroatoms. The Hall–Kier alpha value is -0.920. The van der Waals surface area contributed by atoms with Gasteiger partial charge in [-0.25, -0.2) is 8.42 Å². The molecule has 1 unspecified atom stereocenters. The maximum atomic E-state index is 12.4. The average molecular weight is 272 g/mol. The van der Waals surface area contributed by atoms with Crippen LogP contribution in [-0.4, -0.2) is 48.7 Å². The summed E-state index contributed by atoms with van der Waals surface area (Å²) in [5.74, 6) is 0. The second-order valence-electron chi connectivity index (χ2n) is 4.71. The van der Waals surface area contributed by atoms with Gasteiger partial charge >= 0.3 is 0 Å². The van der Waals surface area contributed by atoms with Gasteiger partial charge in [-0.3, -0.25) is 4.68 Å². The minimum absolute atomic E-state index is 0.0743. The van der Waals surface area contributed by atoms with Crippen molar-refractivity contribution in [3.63, 3.8) is 0 Å². The van der Waals surface area contributed by atoms with E-state index in [-0.39, 0.29) is 10.9 Å². The van der Waals surface area contributed by atoms with E-state index >= 15 is 0 Å². The molecular formula is C11H20N4O2S. The molecule has 102 valence electrons. The molecule has 0 saturated carbocycles. The minimum atomic E-state index is -3.41. The van der Waals surface area contributed by atoms with E-state index < -0.39 is 10.0 Å². The number of nitrogens with one attached hydrogen (secondary N) is 1. The quantitative estimate of drug-likeness (QED) is 0.852. The Kier molecular flexibility index (Phi) is 4.04. The van der Waals surface area contributed by atoms with Gasteiger partial charge in [-0.2, -0.15) is 9.40 Å². The second kappa shape index (κ2) is 5.38. The minimum Gasteiger partial charge on any atom is -0.317 e. The molecule has 2 rings (SSSR count). The molecule has 1 N–H and O–H groups in total. The third-order valence-electron chi connectivity index (χ3n) is 3.42. The van der Waals surface area contributed by atoms with Crippen LogP contribution in [-0.2, 0) is 17.1 Å². The number of aryl methyl sites for hydroxylation is 1. The van der Waals surface area contributed by atoms with E-state index in [9.17, 15) is 8.42 Å². The molecule has 18 heavy (non-hydrogen) atoms. The lowest BCUT2D eigenvalue weighted by atomic mass is 10.1. The summed E-state index contributed by atoms with van der Waals surface area (Å²) in [5, 5.41) is 7.22. The van der Waals surface area contributed by atoms with Crippen molar-refractivity contribution in [3.05, 3.63) is 12.4 Å². The molecule has 1 saturated heterocycles. The van der Waals surface area contributed by atoms with Crippen LogP contribution in [0.5, 0.6) is 0 Å². The molecule has 0 radical (unpaired) electrons. The Morgan fingerprint density at radius 3 is 2.89 bits per heavy atom. The van der Waals surface area contributed by atoms with E-state index in [1.165, 1.54) is 15.2 Å². The fraction of sp³-hybridized carbons (Fsp3) is 0.727. The first-order chi connectivity index (χ1) is 8.51. The lowest BCUT2D eigenvalue weighted by molar-refractivity contribution is 0.341. The number of hydrogen-bond donors (Lipinski definition) is 1. The largest absolute Gasteiger partial charge is 0.317 e. The fourth-order valence-electron chi connectivity index (χ4n) is 2.26. The SMILES string of the molecule is CN(C1CCCNCC1)S(=O)(=O)c1cnn(C)c1. The molecule has 2 heterocycles. The molecule has 1 aromatic heterocycles. The summed E-state index contributed by atoms with van der Waals surface area (Å²) in [6.07, 6.45) is 5.72. The van der Waals surface area contributed by atoms with Gasteiger partial charge in [0, 0.05) is 26.3 Å². The summed E-state index contributed by atoms with van der Waals surface area (Å²) in [7, 11) is -0.0299. The molecule has 0 aliphatic carbocycles. The summed E-state index contributed by atoms with van der Waals surface area (Å²) >= 11 is 0. The summed E-state index contributed by atoms with van der Waals surface area (Å²) in [4.78, 5) is 0.268. The van der Waals surface area contributed by atoms with Crippen molar-refractivity contribution < 1.29 is 8.42 Å². The van der Waals surface area contributed by atoms with Crippen LogP contribution < -0.4 is 5.32 Å². The molecule has 1 atom stereocenters. The first-order valence-corrected chi connectivity index (χ1v) is 7.63. The third kappa shape index (κ3) is 2.73. The second-order valence-corrected chi connectivity index (χ2v) is 6.70. The summed E-state index contributed by atoms with van der Waals surface area (Å²) < 4.78 is 27.8. The number of nitrogens with zero attached hydrogens (tertiary/aromatic N) is 3. The van der Waals surface area contributed by atoms with Gasteiger partial charge in [0.2, 0.25) is 10.0 Å². The van der Waals surface area contributed by atoms with E-state index in [1.54, 1.807) is 20.3 Å². The van der Waals surface area contributed by atoms with Crippen molar-refractivity contribution in [2.24, 2.45) is 7.05 Å². The Labute approximate surface area is 108 Å². The summed E-state index contributed by atoms with van der Waals surface area (Å²) in [6.45, 7) is 1.84. The van der Waals surface area contributed by atoms with Crippen LogP contribution in [0.2, 0.25) is 0 Å². The van der Waals surface area contributed by atoms with Gasteiger partial charge in [-0.05, 0) is 32.4 Å². The Morgan fingerprint density at radius 2 is 2.22 bits per heavy atom. The van der Waals surface area contributed by atoms with Gasteiger partial charge < -0.3 is 5.32 Å². The van der Waals surface area contributed by atoms with E-state index in [4.69, 9.17) is 0 Å². The summed E-state index contributed by atoms with van der Waals surface area (Å²) in [6, 6.07) is 0.0743. The van der Waals surface area contributed by atoms with Crippen LogP contribution >= 0.6 is 0 Å². The van der Waals surface area contributed by atoms with Gasteiger partial charge in [0.05, 0.1) is 6.20 Å². The Bertz CT molecular complexity index is 489. The van der Waals surface area contributed by atoms with Gasteiger partial charge in [-0.15, -0.1) is 0 Å². The molecule has 1 aromatic rings. The number of rotatable bonds is 3. The number of hydrogen-bond acceptors (Lipinski definition) is 4. The predicted molar refractivity (Wildman–Crippen MR) is 68.7 cm³/mol. The highest BCUT2D eigenvalue weighted by Crippen LogP contribution is 2.20. The van der Waals surface area contributed by atoms with Crippen LogP contribution in [0.1, 0.15) is 19.3 Å². The van der Waals surface area contributed by atoms with Crippen LogP contribution in [0.3, 0.4) is 0 Å².